The number of rotatable bonds is 4. The molecule has 122 valence electrons. The molecule has 1 aromatic rings. The Hall–Kier alpha value is -1.41. The maximum atomic E-state index is 11.6. The summed E-state index contributed by atoms with van der Waals surface area (Å²) in [7, 11) is -2.82. The summed E-state index contributed by atoms with van der Waals surface area (Å²) in [4.78, 5) is 13.1. The summed E-state index contributed by atoms with van der Waals surface area (Å²) in [5.41, 5.74) is 0. The summed E-state index contributed by atoms with van der Waals surface area (Å²) in [6.45, 7) is 5.88. The number of aromatic nitrogens is 2. The molecule has 8 heteroatoms. The lowest BCUT2D eigenvalue weighted by atomic mass is 10.2. The van der Waals surface area contributed by atoms with Gasteiger partial charge in [0.15, 0.2) is 15.7 Å². The quantitative estimate of drug-likeness (QED) is 0.781. The Labute approximate surface area is 131 Å². The van der Waals surface area contributed by atoms with E-state index in [1.807, 2.05) is 6.92 Å². The van der Waals surface area contributed by atoms with Crippen LogP contribution in [0.25, 0.3) is 0 Å². The van der Waals surface area contributed by atoms with Crippen LogP contribution in [-0.2, 0) is 9.84 Å². The maximum Gasteiger partial charge on any atom is 0.234 e. The normalized spacial score (nSPS) is 25.3. The van der Waals surface area contributed by atoms with E-state index >= 15 is 0 Å². The SMILES string of the molecule is CCOc1cncc(N2CCN(C3CCS(=O)(=O)C3)CC2)n1. The average Bonchev–Trinajstić information content (AvgIpc) is 2.88. The molecule has 2 saturated heterocycles. The number of hydrogen-bond acceptors (Lipinski definition) is 7. The third-order valence-electron chi connectivity index (χ3n) is 4.25. The topological polar surface area (TPSA) is 75.6 Å². The summed E-state index contributed by atoms with van der Waals surface area (Å²) >= 11 is 0. The fourth-order valence-corrected chi connectivity index (χ4v) is 4.85. The fraction of sp³-hybridized carbons (Fsp3) is 0.714. The molecule has 0 aliphatic carbocycles. The monoisotopic (exact) mass is 326 g/mol. The Morgan fingerprint density at radius 2 is 2.05 bits per heavy atom. The summed E-state index contributed by atoms with van der Waals surface area (Å²) < 4.78 is 28.6. The van der Waals surface area contributed by atoms with Gasteiger partial charge in [0, 0.05) is 32.2 Å². The van der Waals surface area contributed by atoms with Crippen molar-refractivity contribution in [3.8, 4) is 5.88 Å². The van der Waals surface area contributed by atoms with Crippen molar-refractivity contribution in [2.24, 2.45) is 0 Å². The van der Waals surface area contributed by atoms with Gasteiger partial charge in [-0.25, -0.2) is 8.42 Å². The first-order chi connectivity index (χ1) is 10.6. The second kappa shape index (κ2) is 6.37. The van der Waals surface area contributed by atoms with Gasteiger partial charge in [0.1, 0.15) is 0 Å². The van der Waals surface area contributed by atoms with E-state index in [1.54, 1.807) is 12.4 Å². The third-order valence-corrected chi connectivity index (χ3v) is 6.01. The molecule has 0 bridgehead atoms. The predicted octanol–water partition coefficient (Wildman–Crippen LogP) is 0.184. The van der Waals surface area contributed by atoms with Crippen LogP contribution < -0.4 is 9.64 Å². The zero-order valence-corrected chi connectivity index (χ0v) is 13.6. The van der Waals surface area contributed by atoms with E-state index in [1.165, 1.54) is 0 Å². The van der Waals surface area contributed by atoms with Crippen LogP contribution in [0.3, 0.4) is 0 Å². The molecule has 0 amide bonds. The first-order valence-electron chi connectivity index (χ1n) is 7.71. The van der Waals surface area contributed by atoms with Crippen molar-refractivity contribution in [3.05, 3.63) is 12.4 Å². The van der Waals surface area contributed by atoms with Crippen LogP contribution in [-0.4, -0.2) is 73.6 Å². The van der Waals surface area contributed by atoms with E-state index < -0.39 is 9.84 Å². The highest BCUT2D eigenvalue weighted by Crippen LogP contribution is 2.21. The predicted molar refractivity (Wildman–Crippen MR) is 84.0 cm³/mol. The Bertz CT molecular complexity index is 614. The van der Waals surface area contributed by atoms with Gasteiger partial charge < -0.3 is 9.64 Å². The molecule has 0 aromatic carbocycles. The second-order valence-electron chi connectivity index (χ2n) is 5.73. The van der Waals surface area contributed by atoms with E-state index in [0.29, 0.717) is 24.0 Å². The van der Waals surface area contributed by atoms with Crippen molar-refractivity contribution in [3.63, 3.8) is 0 Å². The Morgan fingerprint density at radius 1 is 1.27 bits per heavy atom. The molecule has 1 unspecified atom stereocenters. The molecule has 0 N–H and O–H groups in total. The molecule has 0 spiro atoms. The molecule has 22 heavy (non-hydrogen) atoms. The van der Waals surface area contributed by atoms with Crippen LogP contribution in [0.4, 0.5) is 5.82 Å². The maximum absolute atomic E-state index is 11.6. The molecule has 2 fully saturated rings. The minimum atomic E-state index is -2.82. The highest BCUT2D eigenvalue weighted by Gasteiger charge is 2.33. The second-order valence-corrected chi connectivity index (χ2v) is 7.96. The van der Waals surface area contributed by atoms with Gasteiger partial charge in [-0.05, 0) is 13.3 Å². The van der Waals surface area contributed by atoms with Gasteiger partial charge in [-0.1, -0.05) is 0 Å². The van der Waals surface area contributed by atoms with E-state index in [2.05, 4.69) is 19.8 Å². The number of ether oxygens (including phenoxy) is 1. The van der Waals surface area contributed by atoms with Crippen LogP contribution in [0.2, 0.25) is 0 Å². The first kappa shape index (κ1) is 15.5. The largest absolute Gasteiger partial charge is 0.477 e. The van der Waals surface area contributed by atoms with Crippen LogP contribution in [0.15, 0.2) is 12.4 Å². The van der Waals surface area contributed by atoms with E-state index in [9.17, 15) is 8.42 Å². The minimum absolute atomic E-state index is 0.188. The molecule has 3 rings (SSSR count). The summed E-state index contributed by atoms with van der Waals surface area (Å²) in [6.07, 6.45) is 4.13. The number of hydrogen-bond donors (Lipinski definition) is 0. The lowest BCUT2D eigenvalue weighted by Gasteiger charge is -2.38. The van der Waals surface area contributed by atoms with Crippen molar-refractivity contribution in [2.45, 2.75) is 19.4 Å². The van der Waals surface area contributed by atoms with Crippen LogP contribution in [0.5, 0.6) is 5.88 Å². The molecule has 3 heterocycles. The lowest BCUT2D eigenvalue weighted by molar-refractivity contribution is 0.200. The molecule has 0 saturated carbocycles. The van der Waals surface area contributed by atoms with Gasteiger partial charge in [-0.2, -0.15) is 4.98 Å². The van der Waals surface area contributed by atoms with E-state index in [0.717, 1.165) is 38.4 Å². The molecule has 1 atom stereocenters. The van der Waals surface area contributed by atoms with Gasteiger partial charge >= 0.3 is 0 Å². The highest BCUT2D eigenvalue weighted by molar-refractivity contribution is 7.91. The van der Waals surface area contributed by atoms with Crippen molar-refractivity contribution in [1.29, 1.82) is 0 Å². The first-order valence-corrected chi connectivity index (χ1v) is 9.54. The standard InChI is InChI=1S/C14H22N4O3S/c1-2-21-14-10-15-9-13(16-14)18-6-4-17(5-7-18)12-3-8-22(19,20)11-12/h9-10,12H,2-8,11H2,1H3. The van der Waals surface area contributed by atoms with Gasteiger partial charge in [0.05, 0.1) is 30.5 Å². The van der Waals surface area contributed by atoms with Crippen LogP contribution in [0, 0.1) is 0 Å². The van der Waals surface area contributed by atoms with Crippen molar-refractivity contribution < 1.29 is 13.2 Å². The summed E-state index contributed by atoms with van der Waals surface area (Å²) in [5.74, 6) is 2.01. The van der Waals surface area contributed by atoms with Gasteiger partial charge in [-0.3, -0.25) is 9.88 Å². The van der Waals surface area contributed by atoms with Crippen molar-refractivity contribution in [2.75, 3.05) is 49.2 Å². The molecule has 0 radical (unpaired) electrons. The minimum Gasteiger partial charge on any atom is -0.477 e. The lowest BCUT2D eigenvalue weighted by Crippen LogP contribution is -2.51. The van der Waals surface area contributed by atoms with E-state index in [-0.39, 0.29) is 6.04 Å². The van der Waals surface area contributed by atoms with Gasteiger partial charge in [0.25, 0.3) is 0 Å². The van der Waals surface area contributed by atoms with Crippen LogP contribution in [0.1, 0.15) is 13.3 Å². The molecule has 1 aromatic heterocycles. The van der Waals surface area contributed by atoms with Crippen molar-refractivity contribution in [1.82, 2.24) is 14.9 Å². The van der Waals surface area contributed by atoms with E-state index in [4.69, 9.17) is 4.74 Å². The highest BCUT2D eigenvalue weighted by atomic mass is 32.2. The zero-order valence-electron chi connectivity index (χ0n) is 12.8. The summed E-state index contributed by atoms with van der Waals surface area (Å²) in [5, 5.41) is 0. The smallest absolute Gasteiger partial charge is 0.234 e. The average molecular weight is 326 g/mol. The van der Waals surface area contributed by atoms with Gasteiger partial charge in [-0.15, -0.1) is 0 Å². The van der Waals surface area contributed by atoms with Crippen molar-refractivity contribution >= 4 is 15.7 Å². The number of nitrogens with zero attached hydrogens (tertiary/aromatic N) is 4. The molecule has 7 nitrogen and oxygen atoms in total. The number of piperazine rings is 1. The molecule has 2 aliphatic heterocycles. The summed E-state index contributed by atoms with van der Waals surface area (Å²) in [6, 6.07) is 0.188. The molecular weight excluding hydrogens is 304 g/mol. The number of sulfone groups is 1. The van der Waals surface area contributed by atoms with Crippen LogP contribution >= 0.6 is 0 Å². The zero-order chi connectivity index (χ0) is 15.6. The van der Waals surface area contributed by atoms with Gasteiger partial charge in [0.2, 0.25) is 5.88 Å². The third kappa shape index (κ3) is 3.49. The molecular formula is C14H22N4O3S. The number of anilines is 1. The fourth-order valence-electron chi connectivity index (χ4n) is 3.09. The molecule has 2 aliphatic rings. The Balaban J connectivity index is 1.59. The Kier molecular flexibility index (Phi) is 4.49. The Morgan fingerprint density at radius 3 is 2.68 bits per heavy atom.